The summed E-state index contributed by atoms with van der Waals surface area (Å²) >= 11 is 0. The normalized spacial score (nSPS) is 51.9. The molecule has 3 saturated carbocycles. The summed E-state index contributed by atoms with van der Waals surface area (Å²) in [5.74, 6) is 2.32. The van der Waals surface area contributed by atoms with Gasteiger partial charge in [-0.1, -0.05) is 13.0 Å². The maximum atomic E-state index is 10.4. The number of nitriles is 1. The van der Waals surface area contributed by atoms with Gasteiger partial charge in [-0.05, 0) is 80.5 Å². The number of hydrogen-bond acceptors (Lipinski definition) is 3. The lowest BCUT2D eigenvalue weighted by Crippen LogP contribution is -2.56. The Labute approximate surface area is 139 Å². The molecule has 0 aromatic carbocycles. The van der Waals surface area contributed by atoms with Gasteiger partial charge < -0.3 is 10.2 Å². The maximum absolute atomic E-state index is 10.4. The van der Waals surface area contributed by atoms with E-state index in [2.05, 4.69) is 19.1 Å². The molecule has 0 heterocycles. The number of allylic oxidation sites excluding steroid dienone is 2. The highest BCUT2D eigenvalue weighted by molar-refractivity contribution is 5.35. The largest absolute Gasteiger partial charge is 0.396 e. The van der Waals surface area contributed by atoms with Crippen LogP contribution in [0.25, 0.3) is 0 Å². The Balaban J connectivity index is 1.66. The number of aliphatic hydroxyl groups is 2. The van der Waals surface area contributed by atoms with E-state index >= 15 is 0 Å². The SMILES string of the molecule is C[C@]12CC[C@H]3[C@@H](CC[C@H]4C[C@H](O)CC[C@@]43CO)[C@@H]1CC=C2C#N. The van der Waals surface area contributed by atoms with Crippen molar-refractivity contribution < 1.29 is 10.2 Å². The summed E-state index contributed by atoms with van der Waals surface area (Å²) in [7, 11) is 0. The van der Waals surface area contributed by atoms with Crippen molar-refractivity contribution in [3.63, 3.8) is 0 Å². The maximum Gasteiger partial charge on any atom is 0.0949 e. The van der Waals surface area contributed by atoms with Crippen molar-refractivity contribution in [3.05, 3.63) is 11.6 Å². The van der Waals surface area contributed by atoms with Crippen LogP contribution in [0.1, 0.15) is 58.3 Å². The predicted molar refractivity (Wildman–Crippen MR) is 88.2 cm³/mol. The average molecular weight is 315 g/mol. The Morgan fingerprint density at radius 3 is 2.78 bits per heavy atom. The van der Waals surface area contributed by atoms with Crippen LogP contribution in [0.3, 0.4) is 0 Å². The van der Waals surface area contributed by atoms with Gasteiger partial charge in [-0.15, -0.1) is 0 Å². The topological polar surface area (TPSA) is 64.2 Å². The fourth-order valence-electron chi connectivity index (χ4n) is 7.08. The minimum Gasteiger partial charge on any atom is -0.396 e. The first-order chi connectivity index (χ1) is 11.0. The lowest BCUT2D eigenvalue weighted by Gasteiger charge is -2.61. The molecule has 0 amide bonds. The van der Waals surface area contributed by atoms with Gasteiger partial charge >= 0.3 is 0 Å². The molecule has 4 aliphatic rings. The molecule has 7 atom stereocenters. The Bertz CT molecular complexity index is 564. The zero-order valence-electron chi connectivity index (χ0n) is 14.2. The van der Waals surface area contributed by atoms with Gasteiger partial charge in [-0.25, -0.2) is 0 Å². The second kappa shape index (κ2) is 5.33. The number of fused-ring (bicyclic) bond motifs is 5. The number of nitrogens with zero attached hydrogens (tertiary/aromatic N) is 1. The summed E-state index contributed by atoms with van der Waals surface area (Å²) in [6, 6.07) is 2.46. The first-order valence-electron chi connectivity index (χ1n) is 9.45. The summed E-state index contributed by atoms with van der Waals surface area (Å²) in [4.78, 5) is 0. The van der Waals surface area contributed by atoms with Crippen LogP contribution in [0.4, 0.5) is 0 Å². The van der Waals surface area contributed by atoms with Crippen molar-refractivity contribution in [3.8, 4) is 6.07 Å². The van der Waals surface area contributed by atoms with E-state index in [0.717, 1.165) is 50.5 Å². The van der Waals surface area contributed by atoms with E-state index < -0.39 is 0 Å². The van der Waals surface area contributed by atoms with Crippen LogP contribution in [-0.2, 0) is 0 Å². The molecule has 126 valence electrons. The van der Waals surface area contributed by atoms with Crippen LogP contribution in [0.2, 0.25) is 0 Å². The van der Waals surface area contributed by atoms with Crippen LogP contribution in [0.5, 0.6) is 0 Å². The molecule has 0 spiro atoms. The van der Waals surface area contributed by atoms with Crippen LogP contribution < -0.4 is 0 Å². The van der Waals surface area contributed by atoms with Gasteiger partial charge in [0.2, 0.25) is 0 Å². The van der Waals surface area contributed by atoms with Crippen molar-refractivity contribution in [1.82, 2.24) is 0 Å². The molecule has 3 nitrogen and oxygen atoms in total. The third-order valence-corrected chi connectivity index (χ3v) is 8.33. The molecule has 4 aliphatic carbocycles. The van der Waals surface area contributed by atoms with Crippen molar-refractivity contribution in [2.24, 2.45) is 34.5 Å². The van der Waals surface area contributed by atoms with Crippen molar-refractivity contribution in [2.75, 3.05) is 6.61 Å². The minimum absolute atomic E-state index is 0.0405. The smallest absolute Gasteiger partial charge is 0.0949 e. The zero-order valence-corrected chi connectivity index (χ0v) is 14.2. The van der Waals surface area contributed by atoms with Crippen molar-refractivity contribution in [2.45, 2.75) is 64.4 Å². The molecule has 0 unspecified atom stereocenters. The Kier molecular flexibility index (Phi) is 3.63. The number of aliphatic hydroxyl groups excluding tert-OH is 2. The van der Waals surface area contributed by atoms with E-state index in [1.54, 1.807) is 0 Å². The summed E-state index contributed by atoms with van der Waals surface area (Å²) in [5.41, 5.74) is 1.13. The molecular formula is C20H29NO2. The van der Waals surface area contributed by atoms with Gasteiger partial charge in [0.25, 0.3) is 0 Å². The van der Waals surface area contributed by atoms with E-state index in [1.165, 1.54) is 6.42 Å². The lowest BCUT2D eigenvalue weighted by molar-refractivity contribution is -0.146. The molecule has 0 aromatic heterocycles. The van der Waals surface area contributed by atoms with Gasteiger partial charge in [0.1, 0.15) is 0 Å². The van der Waals surface area contributed by atoms with Crippen LogP contribution in [-0.4, -0.2) is 22.9 Å². The summed E-state index contributed by atoms with van der Waals surface area (Å²) in [6.07, 6.45) is 10.4. The third kappa shape index (κ3) is 2.01. The van der Waals surface area contributed by atoms with E-state index in [-0.39, 0.29) is 23.5 Å². The molecular weight excluding hydrogens is 286 g/mol. The van der Waals surface area contributed by atoms with Gasteiger partial charge in [0.05, 0.1) is 12.2 Å². The standard InChI is InChI=1S/C20H29NO2/c1-19-8-7-18-16(17(19)5-3-14(19)11-21)4-2-13-10-15(23)6-9-20(13,18)12-22/h3,13,15-18,22-23H,2,4-10,12H2,1H3/t13-,15+,16-,17-,18-,19+,20+/m0/s1. The van der Waals surface area contributed by atoms with Crippen molar-refractivity contribution >= 4 is 0 Å². The van der Waals surface area contributed by atoms with Gasteiger partial charge in [0.15, 0.2) is 0 Å². The Morgan fingerprint density at radius 1 is 1.22 bits per heavy atom. The molecule has 4 rings (SSSR count). The quantitative estimate of drug-likeness (QED) is 0.779. The van der Waals surface area contributed by atoms with E-state index in [9.17, 15) is 15.5 Å². The molecule has 0 bridgehead atoms. The first-order valence-corrected chi connectivity index (χ1v) is 9.45. The molecule has 2 N–H and O–H groups in total. The molecule has 23 heavy (non-hydrogen) atoms. The highest BCUT2D eigenvalue weighted by atomic mass is 16.3. The molecule has 0 radical (unpaired) electrons. The summed E-state index contributed by atoms with van der Waals surface area (Å²) in [6.45, 7) is 2.59. The van der Waals surface area contributed by atoms with Crippen LogP contribution in [0, 0.1) is 45.8 Å². The van der Waals surface area contributed by atoms with E-state index in [1.807, 2.05) is 0 Å². The second-order valence-corrected chi connectivity index (χ2v) is 8.89. The van der Waals surface area contributed by atoms with Crippen molar-refractivity contribution in [1.29, 1.82) is 5.26 Å². The monoisotopic (exact) mass is 315 g/mol. The third-order valence-electron chi connectivity index (χ3n) is 8.33. The van der Waals surface area contributed by atoms with E-state index in [0.29, 0.717) is 23.7 Å². The zero-order chi connectivity index (χ0) is 16.2. The molecule has 0 aliphatic heterocycles. The number of rotatable bonds is 1. The Morgan fingerprint density at radius 2 is 2.04 bits per heavy atom. The van der Waals surface area contributed by atoms with Gasteiger partial charge in [-0.2, -0.15) is 5.26 Å². The van der Waals surface area contributed by atoms with Crippen LogP contribution in [0.15, 0.2) is 11.6 Å². The van der Waals surface area contributed by atoms with Crippen LogP contribution >= 0.6 is 0 Å². The molecule has 3 fully saturated rings. The second-order valence-electron chi connectivity index (χ2n) is 8.89. The molecule has 0 aromatic rings. The summed E-state index contributed by atoms with van der Waals surface area (Å²) in [5, 5.41) is 29.9. The van der Waals surface area contributed by atoms with Gasteiger partial charge in [-0.3, -0.25) is 0 Å². The molecule has 0 saturated heterocycles. The Hall–Kier alpha value is -0.850. The first kappa shape index (κ1) is 15.7. The highest BCUT2D eigenvalue weighted by Crippen LogP contribution is 2.66. The average Bonchev–Trinajstić information content (AvgIpc) is 2.90. The molecule has 3 heteroatoms. The fourth-order valence-corrected chi connectivity index (χ4v) is 7.08. The fraction of sp³-hybridized carbons (Fsp3) is 0.850. The lowest BCUT2D eigenvalue weighted by atomic mass is 9.44. The number of hydrogen-bond donors (Lipinski definition) is 2. The van der Waals surface area contributed by atoms with E-state index in [4.69, 9.17) is 0 Å². The van der Waals surface area contributed by atoms with Gasteiger partial charge in [0, 0.05) is 17.6 Å². The minimum atomic E-state index is -0.163. The highest BCUT2D eigenvalue weighted by Gasteiger charge is 2.60. The summed E-state index contributed by atoms with van der Waals surface area (Å²) < 4.78 is 0. The predicted octanol–water partition coefficient (Wildman–Crippen LogP) is 3.42.